The first-order valence-electron chi connectivity index (χ1n) is 4.82. The third-order valence-corrected chi connectivity index (χ3v) is 3.08. The Balaban J connectivity index is 2.46. The Labute approximate surface area is 97.7 Å². The average Bonchev–Trinajstić information content (AvgIpc) is 2.78. The fourth-order valence-electron chi connectivity index (χ4n) is 1.38. The van der Waals surface area contributed by atoms with Gasteiger partial charge in [-0.15, -0.1) is 11.3 Å². The number of Topliss-reactive ketones (excluding diaryl/α,β-unsaturated/α-hetero) is 1. The molecule has 2 aromatic rings. The summed E-state index contributed by atoms with van der Waals surface area (Å²) in [6.07, 6.45) is 0. The van der Waals surface area contributed by atoms with Gasteiger partial charge in [0.15, 0.2) is 5.78 Å². The molecule has 2 rings (SSSR count). The van der Waals surface area contributed by atoms with Crippen LogP contribution in [0.2, 0.25) is 0 Å². The summed E-state index contributed by atoms with van der Waals surface area (Å²) in [5, 5.41) is 2.58. The Morgan fingerprint density at radius 1 is 1.38 bits per heavy atom. The maximum Gasteiger partial charge on any atom is 0.178 e. The lowest BCUT2D eigenvalue weighted by Gasteiger charge is -2.04. The highest BCUT2D eigenvalue weighted by Crippen LogP contribution is 2.31. The number of thiazole rings is 1. The molecule has 0 saturated carbocycles. The number of hydrogen-bond donors (Lipinski definition) is 0. The summed E-state index contributed by atoms with van der Waals surface area (Å²) in [7, 11) is 1.62. The number of benzene rings is 1. The summed E-state index contributed by atoms with van der Waals surface area (Å²) in [4.78, 5) is 15.4. The molecule has 0 amide bonds. The lowest BCUT2D eigenvalue weighted by atomic mass is 10.2. The zero-order valence-corrected chi connectivity index (χ0v) is 9.88. The first-order chi connectivity index (χ1) is 7.72. The third-order valence-electron chi connectivity index (χ3n) is 2.20. The van der Waals surface area contributed by atoms with E-state index in [4.69, 9.17) is 4.74 Å². The van der Waals surface area contributed by atoms with Gasteiger partial charge in [0.1, 0.15) is 16.5 Å². The topological polar surface area (TPSA) is 39.2 Å². The molecule has 82 valence electrons. The molecule has 0 N–H and O–H groups in total. The van der Waals surface area contributed by atoms with Crippen molar-refractivity contribution in [2.45, 2.75) is 6.92 Å². The Morgan fingerprint density at radius 2 is 2.12 bits per heavy atom. The predicted octanol–water partition coefficient (Wildman–Crippen LogP) is 3.02. The van der Waals surface area contributed by atoms with Crippen molar-refractivity contribution < 1.29 is 9.53 Å². The Morgan fingerprint density at radius 3 is 2.75 bits per heavy atom. The van der Waals surface area contributed by atoms with Gasteiger partial charge in [-0.25, -0.2) is 4.98 Å². The fourth-order valence-corrected chi connectivity index (χ4v) is 2.27. The Kier molecular flexibility index (Phi) is 3.01. The molecule has 1 heterocycles. The van der Waals surface area contributed by atoms with Crippen molar-refractivity contribution in [2.24, 2.45) is 0 Å². The van der Waals surface area contributed by atoms with Crippen molar-refractivity contribution in [3.8, 4) is 16.3 Å². The van der Waals surface area contributed by atoms with Crippen molar-refractivity contribution in [1.82, 2.24) is 4.98 Å². The van der Waals surface area contributed by atoms with Gasteiger partial charge in [0.05, 0.1) is 12.7 Å². The number of ketones is 1. The first-order valence-corrected chi connectivity index (χ1v) is 5.70. The van der Waals surface area contributed by atoms with Gasteiger partial charge in [0.2, 0.25) is 0 Å². The van der Waals surface area contributed by atoms with Crippen LogP contribution >= 0.6 is 11.3 Å². The van der Waals surface area contributed by atoms with Gasteiger partial charge in [-0.05, 0) is 12.1 Å². The fraction of sp³-hybridized carbons (Fsp3) is 0.167. The van der Waals surface area contributed by atoms with E-state index in [1.807, 2.05) is 24.3 Å². The summed E-state index contributed by atoms with van der Waals surface area (Å²) < 4.78 is 5.25. The number of para-hydroxylation sites is 1. The van der Waals surface area contributed by atoms with Crippen molar-refractivity contribution in [3.63, 3.8) is 0 Å². The van der Waals surface area contributed by atoms with Crippen LogP contribution in [0.15, 0.2) is 29.6 Å². The highest BCUT2D eigenvalue weighted by molar-refractivity contribution is 7.13. The molecule has 1 aromatic heterocycles. The lowest BCUT2D eigenvalue weighted by Crippen LogP contribution is -1.92. The van der Waals surface area contributed by atoms with Crippen LogP contribution in [0.4, 0.5) is 0 Å². The summed E-state index contributed by atoms with van der Waals surface area (Å²) in [6, 6.07) is 7.64. The van der Waals surface area contributed by atoms with Crippen molar-refractivity contribution >= 4 is 17.1 Å². The summed E-state index contributed by atoms with van der Waals surface area (Å²) in [6.45, 7) is 1.51. The minimum atomic E-state index is -0.0163. The number of hydrogen-bond acceptors (Lipinski definition) is 4. The maximum atomic E-state index is 11.2. The first kappa shape index (κ1) is 10.8. The van der Waals surface area contributed by atoms with Crippen LogP contribution in [0, 0.1) is 0 Å². The zero-order valence-electron chi connectivity index (χ0n) is 9.06. The van der Waals surface area contributed by atoms with Gasteiger partial charge < -0.3 is 4.74 Å². The molecule has 0 fully saturated rings. The molecule has 4 heteroatoms. The minimum Gasteiger partial charge on any atom is -0.496 e. The molecule has 0 atom stereocenters. The van der Waals surface area contributed by atoms with Crippen LogP contribution in [0.3, 0.4) is 0 Å². The summed E-state index contributed by atoms with van der Waals surface area (Å²) >= 11 is 1.45. The number of ether oxygens (including phenoxy) is 1. The smallest absolute Gasteiger partial charge is 0.178 e. The second-order valence-electron chi connectivity index (χ2n) is 3.29. The van der Waals surface area contributed by atoms with Crippen LogP contribution in [-0.4, -0.2) is 17.9 Å². The zero-order chi connectivity index (χ0) is 11.5. The largest absolute Gasteiger partial charge is 0.496 e. The van der Waals surface area contributed by atoms with Crippen molar-refractivity contribution in [2.75, 3.05) is 7.11 Å². The maximum absolute atomic E-state index is 11.2. The number of aromatic nitrogens is 1. The van der Waals surface area contributed by atoms with Crippen LogP contribution in [-0.2, 0) is 0 Å². The number of carbonyl (C=O) groups is 1. The van der Waals surface area contributed by atoms with Crippen molar-refractivity contribution in [1.29, 1.82) is 0 Å². The van der Waals surface area contributed by atoms with Crippen molar-refractivity contribution in [3.05, 3.63) is 35.3 Å². The molecule has 3 nitrogen and oxygen atoms in total. The van der Waals surface area contributed by atoms with Gasteiger partial charge in [-0.2, -0.15) is 0 Å². The molecule has 0 aliphatic heterocycles. The van der Waals surface area contributed by atoms with Gasteiger partial charge in [0, 0.05) is 12.3 Å². The van der Waals surface area contributed by atoms with Gasteiger partial charge >= 0.3 is 0 Å². The molecule has 0 aliphatic rings. The summed E-state index contributed by atoms with van der Waals surface area (Å²) in [5.41, 5.74) is 1.42. The SMILES string of the molecule is COc1ccccc1-c1nc(C(C)=O)cs1. The van der Waals surface area contributed by atoms with Crippen LogP contribution in [0.5, 0.6) is 5.75 Å². The van der Waals surface area contributed by atoms with E-state index in [1.165, 1.54) is 18.3 Å². The van der Waals surface area contributed by atoms with Gasteiger partial charge in [0.25, 0.3) is 0 Å². The number of rotatable bonds is 3. The molecular formula is C12H11NO2S. The van der Waals surface area contributed by atoms with E-state index in [0.717, 1.165) is 16.3 Å². The second kappa shape index (κ2) is 4.45. The molecule has 0 saturated heterocycles. The molecule has 16 heavy (non-hydrogen) atoms. The molecule has 0 bridgehead atoms. The standard InChI is InChI=1S/C12H11NO2S/c1-8(14)10-7-16-12(13-10)9-5-3-4-6-11(9)15-2/h3-7H,1-2H3. The molecular weight excluding hydrogens is 222 g/mol. The van der Waals surface area contributed by atoms with E-state index in [0.29, 0.717) is 5.69 Å². The minimum absolute atomic E-state index is 0.0163. The van der Waals surface area contributed by atoms with Gasteiger partial charge in [-0.1, -0.05) is 12.1 Å². The molecule has 0 aliphatic carbocycles. The highest BCUT2D eigenvalue weighted by atomic mass is 32.1. The lowest BCUT2D eigenvalue weighted by molar-refractivity contribution is 0.101. The molecule has 0 radical (unpaired) electrons. The third kappa shape index (κ3) is 1.97. The van der Waals surface area contributed by atoms with Gasteiger partial charge in [-0.3, -0.25) is 4.79 Å². The van der Waals surface area contributed by atoms with Crippen LogP contribution in [0.1, 0.15) is 17.4 Å². The summed E-state index contributed by atoms with van der Waals surface area (Å²) in [5.74, 6) is 0.754. The second-order valence-corrected chi connectivity index (χ2v) is 4.15. The molecule has 0 unspecified atom stereocenters. The van der Waals surface area contributed by atoms with E-state index in [2.05, 4.69) is 4.98 Å². The normalized spacial score (nSPS) is 10.1. The number of nitrogens with zero attached hydrogens (tertiary/aromatic N) is 1. The quantitative estimate of drug-likeness (QED) is 0.765. The highest BCUT2D eigenvalue weighted by Gasteiger charge is 2.11. The molecule has 1 aromatic carbocycles. The monoisotopic (exact) mass is 233 g/mol. The predicted molar refractivity (Wildman–Crippen MR) is 64.1 cm³/mol. The Bertz CT molecular complexity index is 519. The van der Waals surface area contributed by atoms with E-state index in [-0.39, 0.29) is 5.78 Å². The average molecular weight is 233 g/mol. The van der Waals surface area contributed by atoms with Crippen LogP contribution < -0.4 is 4.74 Å². The Hall–Kier alpha value is -1.68. The molecule has 0 spiro atoms. The van der Waals surface area contributed by atoms with E-state index in [1.54, 1.807) is 12.5 Å². The van der Waals surface area contributed by atoms with Crippen LogP contribution in [0.25, 0.3) is 10.6 Å². The number of methoxy groups -OCH3 is 1. The van der Waals surface area contributed by atoms with E-state index >= 15 is 0 Å². The van der Waals surface area contributed by atoms with E-state index in [9.17, 15) is 4.79 Å². The van der Waals surface area contributed by atoms with E-state index < -0.39 is 0 Å². The number of carbonyl (C=O) groups excluding carboxylic acids is 1.